The van der Waals surface area contributed by atoms with Gasteiger partial charge >= 0.3 is 0 Å². The van der Waals surface area contributed by atoms with Crippen molar-refractivity contribution in [3.05, 3.63) is 24.3 Å². The zero-order chi connectivity index (χ0) is 11.6. The zero-order valence-electron chi connectivity index (χ0n) is 10.1. The van der Waals surface area contributed by atoms with Crippen molar-refractivity contribution >= 4 is 5.69 Å². The predicted molar refractivity (Wildman–Crippen MR) is 67.0 cm³/mol. The van der Waals surface area contributed by atoms with Gasteiger partial charge in [-0.05, 0) is 17.5 Å². The van der Waals surface area contributed by atoms with E-state index in [0.717, 1.165) is 18.8 Å². The van der Waals surface area contributed by atoms with Gasteiger partial charge in [0.15, 0.2) is 0 Å². The molecule has 3 heteroatoms. The fourth-order valence-corrected chi connectivity index (χ4v) is 2.17. The molecule has 1 heterocycles. The molecule has 0 spiro atoms. The summed E-state index contributed by atoms with van der Waals surface area (Å²) >= 11 is 0. The molecule has 3 nitrogen and oxygen atoms in total. The summed E-state index contributed by atoms with van der Waals surface area (Å²) in [4.78, 5) is 2.35. The van der Waals surface area contributed by atoms with Crippen molar-refractivity contribution in [2.75, 3.05) is 31.1 Å². The van der Waals surface area contributed by atoms with E-state index in [0.29, 0.717) is 18.6 Å². The number of rotatable bonds is 4. The molecule has 88 valence electrons. The number of nitrogens with two attached hydrogens (primary N) is 1. The van der Waals surface area contributed by atoms with E-state index in [9.17, 15) is 0 Å². The Morgan fingerprint density at radius 1 is 1.31 bits per heavy atom. The Morgan fingerprint density at radius 2 is 2.00 bits per heavy atom. The minimum Gasteiger partial charge on any atom is -0.490 e. The maximum atomic E-state index is 5.64. The third-order valence-corrected chi connectivity index (χ3v) is 2.82. The molecule has 2 rings (SSSR count). The van der Waals surface area contributed by atoms with Crippen LogP contribution in [0.4, 0.5) is 5.69 Å². The Hall–Kier alpha value is -1.22. The SMILES string of the molecule is CC1(C)CN(c2ccccc2OCCN)C1. The molecule has 0 aliphatic carbocycles. The fraction of sp³-hybridized carbons (Fsp3) is 0.538. The molecule has 1 aromatic carbocycles. The van der Waals surface area contributed by atoms with Gasteiger partial charge < -0.3 is 15.4 Å². The van der Waals surface area contributed by atoms with E-state index in [1.165, 1.54) is 5.69 Å². The summed E-state index contributed by atoms with van der Waals surface area (Å²) < 4.78 is 5.64. The van der Waals surface area contributed by atoms with Crippen LogP contribution in [0.15, 0.2) is 24.3 Å². The summed E-state index contributed by atoms with van der Waals surface area (Å²) in [6.45, 7) is 7.89. The molecular formula is C13H20N2O. The lowest BCUT2D eigenvalue weighted by atomic mass is 9.84. The standard InChI is InChI=1S/C13H20N2O/c1-13(2)9-15(10-13)11-5-3-4-6-12(11)16-8-7-14/h3-6H,7-10,14H2,1-2H3. The Morgan fingerprint density at radius 3 is 2.62 bits per heavy atom. The van der Waals surface area contributed by atoms with Crippen LogP contribution in [0, 0.1) is 5.41 Å². The molecule has 1 aliphatic heterocycles. The number of anilines is 1. The van der Waals surface area contributed by atoms with Crippen molar-refractivity contribution in [2.45, 2.75) is 13.8 Å². The highest BCUT2D eigenvalue weighted by atomic mass is 16.5. The zero-order valence-corrected chi connectivity index (χ0v) is 10.1. The van der Waals surface area contributed by atoms with Gasteiger partial charge in [-0.3, -0.25) is 0 Å². The van der Waals surface area contributed by atoms with Crippen LogP contribution in [0.3, 0.4) is 0 Å². The van der Waals surface area contributed by atoms with E-state index < -0.39 is 0 Å². The molecule has 0 bridgehead atoms. The maximum Gasteiger partial charge on any atom is 0.142 e. The summed E-state index contributed by atoms with van der Waals surface area (Å²) in [5, 5.41) is 0. The van der Waals surface area contributed by atoms with Gasteiger partial charge in [0.2, 0.25) is 0 Å². The molecule has 1 aromatic rings. The third-order valence-electron chi connectivity index (χ3n) is 2.82. The van der Waals surface area contributed by atoms with Gasteiger partial charge in [0.25, 0.3) is 0 Å². The second-order valence-electron chi connectivity index (χ2n) is 5.13. The van der Waals surface area contributed by atoms with Crippen LogP contribution in [0.5, 0.6) is 5.75 Å². The van der Waals surface area contributed by atoms with Crippen molar-refractivity contribution in [3.63, 3.8) is 0 Å². The number of hydrogen-bond donors (Lipinski definition) is 1. The second kappa shape index (κ2) is 4.34. The minimum absolute atomic E-state index is 0.432. The normalized spacial score (nSPS) is 18.1. The van der Waals surface area contributed by atoms with E-state index in [-0.39, 0.29) is 0 Å². The first-order valence-corrected chi connectivity index (χ1v) is 5.79. The first-order valence-electron chi connectivity index (χ1n) is 5.79. The number of para-hydroxylation sites is 2. The van der Waals surface area contributed by atoms with Crippen LogP contribution in [0.2, 0.25) is 0 Å². The highest BCUT2D eigenvalue weighted by Gasteiger charge is 2.35. The van der Waals surface area contributed by atoms with Gasteiger partial charge in [-0.2, -0.15) is 0 Å². The molecule has 2 N–H and O–H groups in total. The average molecular weight is 220 g/mol. The summed E-state index contributed by atoms with van der Waals surface area (Å²) in [6.07, 6.45) is 0. The highest BCUT2D eigenvalue weighted by molar-refractivity contribution is 5.60. The van der Waals surface area contributed by atoms with Crippen LogP contribution >= 0.6 is 0 Å². The number of ether oxygens (including phenoxy) is 1. The van der Waals surface area contributed by atoms with Gasteiger partial charge in [0.05, 0.1) is 5.69 Å². The number of hydrogen-bond acceptors (Lipinski definition) is 3. The van der Waals surface area contributed by atoms with Gasteiger partial charge in [-0.25, -0.2) is 0 Å². The summed E-state index contributed by atoms with van der Waals surface area (Å²) in [6, 6.07) is 8.17. The first-order chi connectivity index (χ1) is 7.62. The van der Waals surface area contributed by atoms with E-state index >= 15 is 0 Å². The van der Waals surface area contributed by atoms with Crippen molar-refractivity contribution in [1.29, 1.82) is 0 Å². The smallest absolute Gasteiger partial charge is 0.142 e. The summed E-state index contributed by atoms with van der Waals surface area (Å²) in [5.41, 5.74) is 7.08. The van der Waals surface area contributed by atoms with Gasteiger partial charge in [0, 0.05) is 19.6 Å². The van der Waals surface area contributed by atoms with Crippen molar-refractivity contribution in [2.24, 2.45) is 11.1 Å². The molecular weight excluding hydrogens is 200 g/mol. The largest absolute Gasteiger partial charge is 0.490 e. The Kier molecular flexibility index (Phi) is 3.06. The van der Waals surface area contributed by atoms with E-state index in [2.05, 4.69) is 30.9 Å². The van der Waals surface area contributed by atoms with Crippen molar-refractivity contribution in [1.82, 2.24) is 0 Å². The molecule has 1 aliphatic rings. The van der Waals surface area contributed by atoms with Crippen LogP contribution in [-0.2, 0) is 0 Å². The lowest BCUT2D eigenvalue weighted by molar-refractivity contribution is 0.269. The Labute approximate surface area is 97.2 Å². The highest BCUT2D eigenvalue weighted by Crippen LogP contribution is 2.38. The summed E-state index contributed by atoms with van der Waals surface area (Å²) in [5.74, 6) is 0.948. The Bertz CT molecular complexity index is 355. The predicted octanol–water partition coefficient (Wildman–Crippen LogP) is 1.87. The Balaban J connectivity index is 2.08. The fourth-order valence-electron chi connectivity index (χ4n) is 2.17. The van der Waals surface area contributed by atoms with Crippen LogP contribution in [-0.4, -0.2) is 26.2 Å². The third kappa shape index (κ3) is 2.30. The maximum absolute atomic E-state index is 5.64. The van der Waals surface area contributed by atoms with Gasteiger partial charge in [-0.15, -0.1) is 0 Å². The monoisotopic (exact) mass is 220 g/mol. The van der Waals surface area contributed by atoms with E-state index in [1.54, 1.807) is 0 Å². The molecule has 0 unspecified atom stereocenters. The second-order valence-corrected chi connectivity index (χ2v) is 5.13. The molecule has 0 atom stereocenters. The first kappa shape index (κ1) is 11.3. The molecule has 16 heavy (non-hydrogen) atoms. The van der Waals surface area contributed by atoms with Gasteiger partial charge in [-0.1, -0.05) is 26.0 Å². The van der Waals surface area contributed by atoms with Crippen LogP contribution in [0.1, 0.15) is 13.8 Å². The number of benzene rings is 1. The van der Waals surface area contributed by atoms with Crippen LogP contribution in [0.25, 0.3) is 0 Å². The lowest BCUT2D eigenvalue weighted by Crippen LogP contribution is -2.53. The summed E-state index contributed by atoms with van der Waals surface area (Å²) in [7, 11) is 0. The van der Waals surface area contributed by atoms with Crippen molar-refractivity contribution < 1.29 is 4.74 Å². The van der Waals surface area contributed by atoms with E-state index in [4.69, 9.17) is 10.5 Å². The molecule has 1 saturated heterocycles. The van der Waals surface area contributed by atoms with Crippen molar-refractivity contribution in [3.8, 4) is 5.75 Å². The molecule has 0 amide bonds. The molecule has 1 fully saturated rings. The van der Waals surface area contributed by atoms with Gasteiger partial charge in [0.1, 0.15) is 12.4 Å². The topological polar surface area (TPSA) is 38.5 Å². The average Bonchev–Trinajstić information content (AvgIpc) is 2.23. The number of nitrogens with zero attached hydrogens (tertiary/aromatic N) is 1. The van der Waals surface area contributed by atoms with Crippen LogP contribution < -0.4 is 15.4 Å². The molecule has 0 saturated carbocycles. The molecule has 0 aromatic heterocycles. The van der Waals surface area contributed by atoms with E-state index in [1.807, 2.05) is 12.1 Å². The lowest BCUT2D eigenvalue weighted by Gasteiger charge is -2.47. The quantitative estimate of drug-likeness (QED) is 0.842. The minimum atomic E-state index is 0.432. The molecule has 0 radical (unpaired) electrons.